The molecule has 0 spiro atoms. The molecule has 0 N–H and O–H groups in total. The molecule has 0 fully saturated rings. The third-order valence-corrected chi connectivity index (χ3v) is 3.61. The molecule has 0 aliphatic carbocycles. The predicted molar refractivity (Wildman–Crippen MR) is 86.9 cm³/mol. The normalized spacial score (nSPS) is 11.7. The third-order valence-electron chi connectivity index (χ3n) is 3.61. The Morgan fingerprint density at radius 3 is 1.85 bits per heavy atom. The molecular formula is C18H34O2. The van der Waals surface area contributed by atoms with Crippen molar-refractivity contribution in [1.29, 1.82) is 0 Å². The number of rotatable bonds is 13. The molecule has 0 unspecified atom stereocenters. The van der Waals surface area contributed by atoms with Crippen LogP contribution in [0.25, 0.3) is 0 Å². The molecule has 0 atom stereocenters. The van der Waals surface area contributed by atoms with Gasteiger partial charge in [-0.1, -0.05) is 70.8 Å². The van der Waals surface area contributed by atoms with Crippen LogP contribution in [-0.2, 0) is 9.53 Å². The van der Waals surface area contributed by atoms with Gasteiger partial charge in [-0.05, 0) is 26.7 Å². The third kappa shape index (κ3) is 12.3. The molecule has 0 aromatic carbocycles. The molecule has 0 aliphatic heterocycles. The lowest BCUT2D eigenvalue weighted by Gasteiger charge is -2.02. The number of esters is 1. The number of hydrogen-bond acceptors (Lipinski definition) is 2. The zero-order valence-electron chi connectivity index (χ0n) is 13.9. The van der Waals surface area contributed by atoms with Crippen molar-refractivity contribution in [1.82, 2.24) is 0 Å². The van der Waals surface area contributed by atoms with E-state index in [0.29, 0.717) is 6.61 Å². The zero-order chi connectivity index (χ0) is 15.1. The Morgan fingerprint density at radius 2 is 1.35 bits per heavy atom. The van der Waals surface area contributed by atoms with Crippen LogP contribution in [0.2, 0.25) is 0 Å². The lowest BCUT2D eigenvalue weighted by molar-refractivity contribution is -0.138. The first-order valence-corrected chi connectivity index (χ1v) is 8.56. The van der Waals surface area contributed by atoms with E-state index in [0.717, 1.165) is 12.0 Å². The number of unbranched alkanes of at least 4 members (excludes halogenated alkanes) is 10. The summed E-state index contributed by atoms with van der Waals surface area (Å²) in [5.41, 5.74) is 0.753. The van der Waals surface area contributed by atoms with Crippen molar-refractivity contribution in [2.75, 3.05) is 6.61 Å². The van der Waals surface area contributed by atoms with Crippen molar-refractivity contribution < 1.29 is 9.53 Å². The molecule has 0 aromatic rings. The molecular weight excluding hydrogens is 248 g/mol. The Hall–Kier alpha value is -0.790. The van der Waals surface area contributed by atoms with Gasteiger partial charge >= 0.3 is 5.97 Å². The summed E-state index contributed by atoms with van der Waals surface area (Å²) in [6.07, 6.45) is 16.5. The zero-order valence-corrected chi connectivity index (χ0v) is 13.9. The lowest BCUT2D eigenvalue weighted by Crippen LogP contribution is -2.04. The van der Waals surface area contributed by atoms with E-state index >= 15 is 0 Å². The quantitative estimate of drug-likeness (QED) is 0.242. The summed E-state index contributed by atoms with van der Waals surface area (Å²) in [6.45, 7) is 6.40. The fourth-order valence-corrected chi connectivity index (χ4v) is 2.28. The maximum Gasteiger partial charge on any atom is 0.333 e. The van der Waals surface area contributed by atoms with E-state index < -0.39 is 0 Å². The van der Waals surface area contributed by atoms with Crippen molar-refractivity contribution in [3.63, 3.8) is 0 Å². The Labute approximate surface area is 126 Å². The number of carbonyl (C=O) groups excluding carboxylic acids is 1. The van der Waals surface area contributed by atoms with Gasteiger partial charge in [-0.25, -0.2) is 4.79 Å². The Bertz CT molecular complexity index is 256. The summed E-state index contributed by atoms with van der Waals surface area (Å²) in [5, 5.41) is 0. The van der Waals surface area contributed by atoms with Gasteiger partial charge in [0.1, 0.15) is 0 Å². The molecule has 0 amide bonds. The summed E-state index contributed by atoms with van der Waals surface area (Å²) in [7, 11) is 0. The molecule has 0 saturated heterocycles. The second-order valence-corrected chi connectivity index (χ2v) is 5.58. The van der Waals surface area contributed by atoms with Gasteiger partial charge in [-0.3, -0.25) is 0 Å². The highest BCUT2D eigenvalue weighted by Crippen LogP contribution is 2.12. The van der Waals surface area contributed by atoms with Gasteiger partial charge in [0, 0.05) is 5.57 Å². The number of allylic oxidation sites excluding steroid dienone is 1. The van der Waals surface area contributed by atoms with Crippen LogP contribution in [0.5, 0.6) is 0 Å². The largest absolute Gasteiger partial charge is 0.463 e. The van der Waals surface area contributed by atoms with Gasteiger partial charge in [0.25, 0.3) is 0 Å². The molecule has 118 valence electrons. The highest BCUT2D eigenvalue weighted by atomic mass is 16.5. The summed E-state index contributed by atoms with van der Waals surface area (Å²) < 4.78 is 4.95. The smallest absolute Gasteiger partial charge is 0.333 e. The fraction of sp³-hybridized carbons (Fsp3) is 0.833. The highest BCUT2D eigenvalue weighted by Gasteiger charge is 2.02. The van der Waals surface area contributed by atoms with Gasteiger partial charge in [-0.15, -0.1) is 0 Å². The minimum absolute atomic E-state index is 0.167. The molecule has 0 aliphatic rings. The Morgan fingerprint density at radius 1 is 0.850 bits per heavy atom. The van der Waals surface area contributed by atoms with E-state index in [-0.39, 0.29) is 5.97 Å². The average Bonchev–Trinajstić information content (AvgIpc) is 2.44. The van der Waals surface area contributed by atoms with Crippen molar-refractivity contribution >= 4 is 5.97 Å². The minimum atomic E-state index is -0.167. The van der Waals surface area contributed by atoms with Crippen LogP contribution >= 0.6 is 0 Å². The first kappa shape index (κ1) is 19.2. The summed E-state index contributed by atoms with van der Waals surface area (Å²) in [5.74, 6) is -0.167. The van der Waals surface area contributed by atoms with Crippen LogP contribution in [-0.4, -0.2) is 12.6 Å². The van der Waals surface area contributed by atoms with E-state index in [4.69, 9.17) is 4.74 Å². The molecule has 0 heterocycles. The molecule has 0 bridgehead atoms. The predicted octanol–water partition coefficient (Wildman–Crippen LogP) is 5.81. The van der Waals surface area contributed by atoms with Crippen LogP contribution in [0.15, 0.2) is 11.6 Å². The molecule has 2 heteroatoms. The highest BCUT2D eigenvalue weighted by molar-refractivity contribution is 5.87. The van der Waals surface area contributed by atoms with Crippen LogP contribution in [0.1, 0.15) is 91.4 Å². The van der Waals surface area contributed by atoms with Crippen molar-refractivity contribution in [2.45, 2.75) is 91.4 Å². The monoisotopic (exact) mass is 282 g/mol. The van der Waals surface area contributed by atoms with Crippen molar-refractivity contribution in [3.05, 3.63) is 11.6 Å². The van der Waals surface area contributed by atoms with Crippen LogP contribution < -0.4 is 0 Å². The molecule has 0 radical (unpaired) electrons. The van der Waals surface area contributed by atoms with Crippen molar-refractivity contribution in [3.8, 4) is 0 Å². The van der Waals surface area contributed by atoms with Gasteiger partial charge in [0.2, 0.25) is 0 Å². The summed E-state index contributed by atoms with van der Waals surface area (Å²) in [6, 6.07) is 0. The fourth-order valence-electron chi connectivity index (χ4n) is 2.28. The van der Waals surface area contributed by atoms with E-state index in [1.807, 2.05) is 19.9 Å². The Kier molecular flexibility index (Phi) is 14.0. The Balaban J connectivity index is 3.31. The maximum atomic E-state index is 11.4. The van der Waals surface area contributed by atoms with E-state index in [9.17, 15) is 4.79 Å². The van der Waals surface area contributed by atoms with Gasteiger partial charge in [0.15, 0.2) is 0 Å². The number of carbonyl (C=O) groups is 1. The average molecular weight is 282 g/mol. The molecule has 20 heavy (non-hydrogen) atoms. The summed E-state index contributed by atoms with van der Waals surface area (Å²) >= 11 is 0. The molecule has 0 rings (SSSR count). The second-order valence-electron chi connectivity index (χ2n) is 5.58. The van der Waals surface area contributed by atoms with Crippen LogP contribution in [0.4, 0.5) is 0 Å². The number of hydrogen-bond donors (Lipinski definition) is 0. The van der Waals surface area contributed by atoms with Crippen molar-refractivity contribution in [2.24, 2.45) is 0 Å². The summed E-state index contributed by atoms with van der Waals surface area (Å²) in [4.78, 5) is 11.4. The topological polar surface area (TPSA) is 26.3 Å². The first-order chi connectivity index (χ1) is 9.72. The SMILES string of the molecule is CCCCCCCCCCCCC=C(C)C(=O)OCC. The number of ether oxygens (including phenoxy) is 1. The van der Waals surface area contributed by atoms with Gasteiger partial charge < -0.3 is 4.74 Å². The molecule has 0 saturated carbocycles. The van der Waals surface area contributed by atoms with Crippen LogP contribution in [0.3, 0.4) is 0 Å². The van der Waals surface area contributed by atoms with E-state index in [2.05, 4.69) is 6.92 Å². The van der Waals surface area contributed by atoms with Gasteiger partial charge in [-0.2, -0.15) is 0 Å². The van der Waals surface area contributed by atoms with Crippen LogP contribution in [0, 0.1) is 0 Å². The molecule has 2 nitrogen and oxygen atoms in total. The maximum absolute atomic E-state index is 11.4. The molecule has 0 aromatic heterocycles. The van der Waals surface area contributed by atoms with Gasteiger partial charge in [0.05, 0.1) is 6.61 Å². The minimum Gasteiger partial charge on any atom is -0.463 e. The first-order valence-electron chi connectivity index (χ1n) is 8.56. The standard InChI is InChI=1S/C18H34O2/c1-4-6-7-8-9-10-11-12-13-14-15-16-17(3)18(19)20-5-2/h16H,4-15H2,1-3H3. The lowest BCUT2D eigenvalue weighted by atomic mass is 10.1. The van der Waals surface area contributed by atoms with E-state index in [1.165, 1.54) is 64.2 Å². The second kappa shape index (κ2) is 14.6. The van der Waals surface area contributed by atoms with E-state index in [1.54, 1.807) is 0 Å².